The van der Waals surface area contributed by atoms with Crippen LogP contribution in [0.5, 0.6) is 0 Å². The lowest BCUT2D eigenvalue weighted by molar-refractivity contribution is -0.141. The largest absolute Gasteiger partial charge is 0.369 e. The molecule has 1 saturated heterocycles. The van der Waals surface area contributed by atoms with Crippen LogP contribution >= 0.6 is 0 Å². The van der Waals surface area contributed by atoms with Crippen molar-refractivity contribution < 1.29 is 9.59 Å². The van der Waals surface area contributed by atoms with Gasteiger partial charge in [0.2, 0.25) is 11.8 Å². The van der Waals surface area contributed by atoms with Crippen LogP contribution in [0.3, 0.4) is 0 Å². The highest BCUT2D eigenvalue weighted by Gasteiger charge is 2.33. The average Bonchev–Trinajstić information content (AvgIpc) is 2.55. The summed E-state index contributed by atoms with van der Waals surface area (Å²) >= 11 is 0. The summed E-state index contributed by atoms with van der Waals surface area (Å²) in [6, 6.07) is 0.259. The van der Waals surface area contributed by atoms with Crippen LogP contribution in [0.15, 0.2) is 0 Å². The molecule has 2 fully saturated rings. The predicted octanol–water partition coefficient (Wildman–Crippen LogP) is 1.75. The second-order valence-corrected chi connectivity index (χ2v) is 6.83. The molecule has 0 bridgehead atoms. The molecule has 5 heteroatoms. The minimum absolute atomic E-state index is 0.103. The number of carbonyl (C=O) groups is 2. The zero-order chi connectivity index (χ0) is 16.1. The molecule has 0 radical (unpaired) electrons. The number of nitrogens with zero attached hydrogens (tertiary/aromatic N) is 2. The van der Waals surface area contributed by atoms with Crippen LogP contribution in [-0.2, 0) is 9.59 Å². The Hall–Kier alpha value is -1.10. The number of rotatable bonds is 5. The fraction of sp³-hybridized carbons (Fsp3) is 0.882. The van der Waals surface area contributed by atoms with E-state index in [9.17, 15) is 9.59 Å². The van der Waals surface area contributed by atoms with Crippen molar-refractivity contribution >= 4 is 11.8 Å². The van der Waals surface area contributed by atoms with Crippen molar-refractivity contribution in [3.8, 4) is 0 Å². The summed E-state index contributed by atoms with van der Waals surface area (Å²) in [5, 5.41) is 0. The van der Waals surface area contributed by atoms with E-state index in [1.165, 1.54) is 19.3 Å². The first-order valence-corrected chi connectivity index (χ1v) is 8.88. The van der Waals surface area contributed by atoms with Gasteiger partial charge in [-0.3, -0.25) is 14.5 Å². The fourth-order valence-corrected chi connectivity index (χ4v) is 3.97. The van der Waals surface area contributed by atoms with E-state index in [-0.39, 0.29) is 23.8 Å². The lowest BCUT2D eigenvalue weighted by Crippen LogP contribution is -2.54. The topological polar surface area (TPSA) is 66.6 Å². The molecular weight excluding hydrogens is 278 g/mol. The lowest BCUT2D eigenvalue weighted by atomic mass is 9.93. The SMILES string of the molecule is CCN(C(=O)[C@H](C)N1CCC[C@H](C(N)=O)C1)C1CCCCC1. The maximum atomic E-state index is 12.9. The lowest BCUT2D eigenvalue weighted by Gasteiger charge is -2.40. The Morgan fingerprint density at radius 2 is 1.86 bits per heavy atom. The first kappa shape index (κ1) is 17.3. The molecular formula is C17H31N3O2. The van der Waals surface area contributed by atoms with Crippen molar-refractivity contribution in [2.24, 2.45) is 11.7 Å². The third-order valence-corrected chi connectivity index (χ3v) is 5.40. The maximum Gasteiger partial charge on any atom is 0.239 e. The molecule has 0 aromatic carbocycles. The molecule has 2 rings (SSSR count). The fourth-order valence-electron chi connectivity index (χ4n) is 3.97. The summed E-state index contributed by atoms with van der Waals surface area (Å²) < 4.78 is 0. The van der Waals surface area contributed by atoms with Gasteiger partial charge in [0, 0.05) is 19.1 Å². The molecule has 2 atom stereocenters. The van der Waals surface area contributed by atoms with Crippen LogP contribution < -0.4 is 5.73 Å². The molecule has 126 valence electrons. The Morgan fingerprint density at radius 1 is 1.18 bits per heavy atom. The highest BCUT2D eigenvalue weighted by atomic mass is 16.2. The van der Waals surface area contributed by atoms with Gasteiger partial charge < -0.3 is 10.6 Å². The Kier molecular flexibility index (Phi) is 6.24. The molecule has 2 amide bonds. The number of carbonyl (C=O) groups excluding carboxylic acids is 2. The van der Waals surface area contributed by atoms with E-state index in [0.29, 0.717) is 12.6 Å². The van der Waals surface area contributed by atoms with Crippen molar-refractivity contribution in [2.75, 3.05) is 19.6 Å². The smallest absolute Gasteiger partial charge is 0.239 e. The summed E-state index contributed by atoms with van der Waals surface area (Å²) in [6.45, 7) is 6.35. The van der Waals surface area contributed by atoms with Gasteiger partial charge in [-0.15, -0.1) is 0 Å². The van der Waals surface area contributed by atoms with Crippen LogP contribution in [0.25, 0.3) is 0 Å². The van der Waals surface area contributed by atoms with Gasteiger partial charge >= 0.3 is 0 Å². The van der Waals surface area contributed by atoms with E-state index in [0.717, 1.165) is 38.8 Å². The summed E-state index contributed by atoms with van der Waals surface area (Å²) in [5.41, 5.74) is 5.45. The number of amides is 2. The van der Waals surface area contributed by atoms with E-state index in [2.05, 4.69) is 16.7 Å². The van der Waals surface area contributed by atoms with Crippen molar-refractivity contribution in [1.82, 2.24) is 9.80 Å². The second kappa shape index (κ2) is 7.95. The minimum Gasteiger partial charge on any atom is -0.369 e. The van der Waals surface area contributed by atoms with Crippen LogP contribution in [0.2, 0.25) is 0 Å². The Balaban J connectivity index is 1.98. The van der Waals surface area contributed by atoms with Crippen molar-refractivity contribution in [3.05, 3.63) is 0 Å². The first-order valence-electron chi connectivity index (χ1n) is 8.88. The molecule has 1 aliphatic carbocycles. The number of likely N-dealkylation sites (N-methyl/N-ethyl adjacent to an activating group) is 1. The Morgan fingerprint density at radius 3 is 2.45 bits per heavy atom. The zero-order valence-electron chi connectivity index (χ0n) is 14.1. The number of likely N-dealkylation sites (tertiary alicyclic amines) is 1. The quantitative estimate of drug-likeness (QED) is 0.841. The zero-order valence-corrected chi connectivity index (χ0v) is 14.1. The summed E-state index contributed by atoms with van der Waals surface area (Å²) in [7, 11) is 0. The summed E-state index contributed by atoms with van der Waals surface area (Å²) in [5.74, 6) is -0.114. The van der Waals surface area contributed by atoms with E-state index in [4.69, 9.17) is 5.73 Å². The monoisotopic (exact) mass is 309 g/mol. The third kappa shape index (κ3) is 4.00. The highest BCUT2D eigenvalue weighted by molar-refractivity contribution is 5.82. The molecule has 2 N–H and O–H groups in total. The van der Waals surface area contributed by atoms with Gasteiger partial charge in [0.1, 0.15) is 0 Å². The van der Waals surface area contributed by atoms with E-state index < -0.39 is 0 Å². The Bertz CT molecular complexity index is 393. The molecule has 2 aliphatic rings. The molecule has 1 heterocycles. The molecule has 22 heavy (non-hydrogen) atoms. The minimum atomic E-state index is -0.232. The van der Waals surface area contributed by atoms with E-state index >= 15 is 0 Å². The highest BCUT2D eigenvalue weighted by Crippen LogP contribution is 2.25. The van der Waals surface area contributed by atoms with Gasteiger partial charge in [-0.25, -0.2) is 0 Å². The number of hydrogen-bond acceptors (Lipinski definition) is 3. The molecule has 1 aliphatic heterocycles. The van der Waals surface area contributed by atoms with Crippen molar-refractivity contribution in [3.63, 3.8) is 0 Å². The summed E-state index contributed by atoms with van der Waals surface area (Å²) in [4.78, 5) is 28.6. The van der Waals surface area contributed by atoms with Crippen LogP contribution in [0.1, 0.15) is 58.8 Å². The normalized spacial score (nSPS) is 25.6. The predicted molar refractivity (Wildman–Crippen MR) is 87.2 cm³/mol. The van der Waals surface area contributed by atoms with Crippen molar-refractivity contribution in [2.45, 2.75) is 70.9 Å². The number of primary amides is 1. The van der Waals surface area contributed by atoms with Gasteiger partial charge in [0.25, 0.3) is 0 Å². The third-order valence-electron chi connectivity index (χ3n) is 5.40. The molecule has 0 unspecified atom stereocenters. The van der Waals surface area contributed by atoms with E-state index in [1.54, 1.807) is 0 Å². The molecule has 0 aromatic rings. The summed E-state index contributed by atoms with van der Waals surface area (Å²) in [6.07, 6.45) is 7.83. The van der Waals surface area contributed by atoms with Crippen molar-refractivity contribution in [1.29, 1.82) is 0 Å². The van der Waals surface area contributed by atoms with Gasteiger partial charge in [-0.05, 0) is 46.1 Å². The number of nitrogens with two attached hydrogens (primary N) is 1. The maximum absolute atomic E-state index is 12.9. The van der Waals surface area contributed by atoms with Gasteiger partial charge in [0.05, 0.1) is 12.0 Å². The second-order valence-electron chi connectivity index (χ2n) is 6.83. The van der Waals surface area contributed by atoms with Crippen LogP contribution in [0, 0.1) is 5.92 Å². The molecule has 0 spiro atoms. The molecule has 0 aromatic heterocycles. The molecule has 1 saturated carbocycles. The number of piperidine rings is 1. The first-order chi connectivity index (χ1) is 10.5. The molecule has 5 nitrogen and oxygen atoms in total. The van der Waals surface area contributed by atoms with Gasteiger partial charge in [0.15, 0.2) is 0 Å². The van der Waals surface area contributed by atoms with E-state index in [1.807, 2.05) is 6.92 Å². The Labute approximate surface area is 134 Å². The van der Waals surface area contributed by atoms with Crippen LogP contribution in [0.4, 0.5) is 0 Å². The van der Waals surface area contributed by atoms with Gasteiger partial charge in [-0.1, -0.05) is 19.3 Å². The van der Waals surface area contributed by atoms with Gasteiger partial charge in [-0.2, -0.15) is 0 Å². The number of hydrogen-bond donors (Lipinski definition) is 1. The van der Waals surface area contributed by atoms with Crippen LogP contribution in [-0.4, -0.2) is 53.3 Å². The standard InChI is InChI=1S/C17H31N3O2/c1-3-20(15-9-5-4-6-10-15)17(22)13(2)19-11-7-8-14(12-19)16(18)21/h13-15H,3-12H2,1-2H3,(H2,18,21)/t13-,14-/m0/s1. The average molecular weight is 309 g/mol.